The van der Waals surface area contributed by atoms with Crippen LogP contribution in [0.5, 0.6) is 23.0 Å². The molecule has 66 heavy (non-hydrogen) atoms. The van der Waals surface area contributed by atoms with Crippen molar-refractivity contribution in [3.05, 3.63) is 180 Å². The largest absolute Gasteiger partial charge is 0.497 e. The molecule has 2 heterocycles. The number of sulfonamides is 2. The van der Waals surface area contributed by atoms with Gasteiger partial charge in [0, 0.05) is 32.4 Å². The quantitative estimate of drug-likeness (QED) is 0.0786. The molecule has 346 valence electrons. The fourth-order valence-electron chi connectivity index (χ4n) is 7.19. The second kappa shape index (κ2) is 22.1. The Morgan fingerprint density at radius 3 is 1.36 bits per heavy atom. The molecule has 0 saturated heterocycles. The van der Waals surface area contributed by atoms with E-state index in [0.29, 0.717) is 18.1 Å². The summed E-state index contributed by atoms with van der Waals surface area (Å²) in [5.74, 6) is 2.87. The van der Waals surface area contributed by atoms with Gasteiger partial charge in [0.2, 0.25) is 0 Å². The van der Waals surface area contributed by atoms with Crippen molar-refractivity contribution in [2.45, 2.75) is 67.8 Å². The highest BCUT2D eigenvalue weighted by Crippen LogP contribution is 2.35. The van der Waals surface area contributed by atoms with E-state index in [9.17, 15) is 16.8 Å². The molecule has 8 rings (SSSR count). The highest BCUT2D eigenvalue weighted by Gasteiger charge is 2.34. The Bertz CT molecular complexity index is 2690. The van der Waals surface area contributed by atoms with Crippen molar-refractivity contribution < 1.29 is 40.5 Å². The van der Waals surface area contributed by atoms with E-state index in [-0.39, 0.29) is 48.4 Å². The monoisotopic (exact) mass is 934 g/mol. The number of methoxy groups -OCH3 is 4. The van der Waals surface area contributed by atoms with Gasteiger partial charge in [-0.1, -0.05) is 78.9 Å². The van der Waals surface area contributed by atoms with Gasteiger partial charge in [-0.3, -0.25) is 9.78 Å². The number of aromatic nitrogens is 4. The molecule has 15 nitrogen and oxygen atoms in total. The van der Waals surface area contributed by atoms with E-state index in [1.807, 2.05) is 127 Å². The number of benzene rings is 5. The van der Waals surface area contributed by atoms with Crippen molar-refractivity contribution in [1.29, 1.82) is 0 Å². The van der Waals surface area contributed by atoms with Gasteiger partial charge in [-0.2, -0.15) is 18.8 Å². The average molecular weight is 935 g/mol. The van der Waals surface area contributed by atoms with E-state index in [1.54, 1.807) is 45.4 Å². The Kier molecular flexibility index (Phi) is 15.9. The Morgan fingerprint density at radius 2 is 0.970 bits per heavy atom. The zero-order valence-electron chi connectivity index (χ0n) is 37.3. The van der Waals surface area contributed by atoms with Crippen LogP contribution in [0.15, 0.2) is 162 Å². The number of nitrogens with zero attached hydrogens (tertiary/aromatic N) is 5. The van der Waals surface area contributed by atoms with Gasteiger partial charge in [0.05, 0.1) is 53.4 Å². The third kappa shape index (κ3) is 12.2. The zero-order chi connectivity index (χ0) is 46.5. The molecule has 2 aromatic heterocycles. The molecule has 1 aliphatic carbocycles. The molecule has 0 spiro atoms. The lowest BCUT2D eigenvalue weighted by Crippen LogP contribution is -2.34. The Hall–Kier alpha value is -6.50. The molecule has 0 bridgehead atoms. The van der Waals surface area contributed by atoms with Gasteiger partial charge in [-0.25, -0.2) is 16.8 Å². The van der Waals surface area contributed by atoms with Crippen LogP contribution in [0.1, 0.15) is 46.7 Å². The van der Waals surface area contributed by atoms with Crippen LogP contribution in [0.3, 0.4) is 0 Å². The first-order valence-corrected chi connectivity index (χ1v) is 24.1. The van der Waals surface area contributed by atoms with Gasteiger partial charge in [0.15, 0.2) is 10.1 Å². The van der Waals surface area contributed by atoms with E-state index >= 15 is 0 Å². The van der Waals surface area contributed by atoms with Crippen molar-refractivity contribution in [2.75, 3.05) is 28.4 Å². The van der Waals surface area contributed by atoms with Crippen LogP contribution in [-0.4, -0.2) is 80.0 Å². The summed E-state index contributed by atoms with van der Waals surface area (Å²) in [5, 5.41) is 10.9. The van der Waals surface area contributed by atoms with Crippen LogP contribution < -0.4 is 18.9 Å². The molecule has 17 heteroatoms. The van der Waals surface area contributed by atoms with E-state index < -0.39 is 20.0 Å². The van der Waals surface area contributed by atoms with Crippen LogP contribution in [0.2, 0.25) is 0 Å². The van der Waals surface area contributed by atoms with Crippen molar-refractivity contribution in [3.8, 4) is 23.0 Å². The summed E-state index contributed by atoms with van der Waals surface area (Å²) < 4.78 is 85.2. The lowest BCUT2D eigenvalue weighted by molar-refractivity contribution is -0.0386. The Morgan fingerprint density at radius 1 is 0.545 bits per heavy atom. The standard InChI is InChI=1S/C30H33N3O5S.C19H21N3O4S/c1-36-27-12-8-23(9-13-27)20-32(21-24-10-14-28(37-2)15-11-24)39(34,35)30-16-17-33(31-30)26-18-29(19-26)38-22-25-6-4-3-5-7-25;1-25-17-7-3-15(4-8-17)13-22(27(23,24)19-11-12-20-21-19)14-16-5-9-18(26-2)10-6-16/h3-17,26,29H,18-22H2,1-2H3;3-12H,13-14H2,1-2H3,(H,20,21). The molecule has 0 unspecified atom stereocenters. The summed E-state index contributed by atoms with van der Waals surface area (Å²) in [5.41, 5.74) is 4.55. The van der Waals surface area contributed by atoms with Gasteiger partial charge in [-0.15, -0.1) is 0 Å². The van der Waals surface area contributed by atoms with Crippen LogP contribution in [0.4, 0.5) is 0 Å². The number of rotatable bonds is 20. The third-order valence-corrected chi connectivity index (χ3v) is 14.5. The van der Waals surface area contributed by atoms with E-state index in [1.165, 1.54) is 20.9 Å². The first-order chi connectivity index (χ1) is 32.0. The normalized spacial score (nSPS) is 14.8. The first kappa shape index (κ1) is 47.5. The van der Waals surface area contributed by atoms with E-state index in [2.05, 4.69) is 15.3 Å². The summed E-state index contributed by atoms with van der Waals surface area (Å²) in [6.07, 6.45) is 4.92. The van der Waals surface area contributed by atoms with E-state index in [4.69, 9.17) is 23.7 Å². The van der Waals surface area contributed by atoms with Crippen molar-refractivity contribution in [1.82, 2.24) is 28.6 Å². The minimum absolute atomic E-state index is 0.0400. The smallest absolute Gasteiger partial charge is 0.262 e. The van der Waals surface area contributed by atoms with Gasteiger partial charge >= 0.3 is 0 Å². The molecule has 0 atom stereocenters. The van der Waals surface area contributed by atoms with Gasteiger partial charge in [0.1, 0.15) is 23.0 Å². The highest BCUT2D eigenvalue weighted by molar-refractivity contribution is 7.89. The van der Waals surface area contributed by atoms with Crippen molar-refractivity contribution >= 4 is 20.0 Å². The van der Waals surface area contributed by atoms with E-state index in [0.717, 1.165) is 52.2 Å². The maximum atomic E-state index is 13.8. The number of ether oxygens (including phenoxy) is 5. The highest BCUT2D eigenvalue weighted by atomic mass is 32.2. The summed E-state index contributed by atoms with van der Waals surface area (Å²) >= 11 is 0. The van der Waals surface area contributed by atoms with Gasteiger partial charge < -0.3 is 23.7 Å². The molecule has 0 amide bonds. The minimum atomic E-state index is -3.88. The molecule has 5 aromatic carbocycles. The molecule has 0 radical (unpaired) electrons. The molecule has 0 aliphatic heterocycles. The Labute approximate surface area is 386 Å². The number of aromatic amines is 1. The molecule has 1 aliphatic rings. The summed E-state index contributed by atoms with van der Waals surface area (Å²) in [4.78, 5) is 0. The number of nitrogens with one attached hydrogen (secondary N) is 1. The van der Waals surface area contributed by atoms with Gasteiger partial charge in [0.25, 0.3) is 20.0 Å². The molecule has 1 saturated carbocycles. The number of H-pyrrole nitrogens is 1. The van der Waals surface area contributed by atoms with Crippen molar-refractivity contribution in [3.63, 3.8) is 0 Å². The van der Waals surface area contributed by atoms with Crippen LogP contribution in [0, 0.1) is 0 Å². The lowest BCUT2D eigenvalue weighted by Gasteiger charge is -2.35. The summed E-state index contributed by atoms with van der Waals surface area (Å²) in [6, 6.07) is 42.7. The minimum Gasteiger partial charge on any atom is -0.497 e. The van der Waals surface area contributed by atoms with Crippen LogP contribution >= 0.6 is 0 Å². The molecular weight excluding hydrogens is 881 g/mol. The first-order valence-electron chi connectivity index (χ1n) is 21.2. The predicted molar refractivity (Wildman–Crippen MR) is 249 cm³/mol. The fourth-order valence-corrected chi connectivity index (χ4v) is 9.84. The predicted octanol–water partition coefficient (Wildman–Crippen LogP) is 8.03. The molecular formula is C49H54N6O9S2. The lowest BCUT2D eigenvalue weighted by atomic mass is 9.89. The average Bonchev–Trinajstić information content (AvgIpc) is 4.07. The van der Waals surface area contributed by atoms with Gasteiger partial charge in [-0.05, 0) is 101 Å². The van der Waals surface area contributed by atoms with Crippen LogP contribution in [-0.2, 0) is 57.6 Å². The molecule has 7 aromatic rings. The Balaban J connectivity index is 0.000000210. The second-order valence-electron chi connectivity index (χ2n) is 15.5. The maximum absolute atomic E-state index is 13.8. The maximum Gasteiger partial charge on any atom is 0.262 e. The number of hydrogen-bond acceptors (Lipinski definition) is 11. The third-order valence-electron chi connectivity index (χ3n) is 11.1. The molecule has 1 fully saturated rings. The second-order valence-corrected chi connectivity index (χ2v) is 19.3. The zero-order valence-corrected chi connectivity index (χ0v) is 38.9. The molecule has 1 N–H and O–H groups in total. The van der Waals surface area contributed by atoms with Crippen LogP contribution in [0.25, 0.3) is 0 Å². The fraction of sp³-hybridized carbons (Fsp3) is 0.265. The number of hydrogen-bond donors (Lipinski definition) is 1. The van der Waals surface area contributed by atoms with Crippen molar-refractivity contribution in [2.24, 2.45) is 0 Å². The topological polar surface area (TPSA) is 167 Å². The summed E-state index contributed by atoms with van der Waals surface area (Å²) in [6.45, 7) is 1.41. The summed E-state index contributed by atoms with van der Waals surface area (Å²) in [7, 11) is -1.22. The SMILES string of the molecule is COc1ccc(CN(Cc2ccc(OC)cc2)S(=O)(=O)c2ccn(C3CC(OCc4ccccc4)C3)n2)cc1.COc1ccc(CN(Cc2ccc(OC)cc2)S(=O)(=O)c2ccn[nH]2)cc1.